The van der Waals surface area contributed by atoms with Crippen LogP contribution in [0.15, 0.2) is 42.5 Å². The van der Waals surface area contributed by atoms with Crippen LogP contribution in [-0.4, -0.2) is 25.7 Å². The van der Waals surface area contributed by atoms with Crippen LogP contribution >= 0.6 is 0 Å². The van der Waals surface area contributed by atoms with Gasteiger partial charge in [0.25, 0.3) is 0 Å². The average molecular weight is 307 g/mol. The summed E-state index contributed by atoms with van der Waals surface area (Å²) in [5, 5.41) is 12.5. The summed E-state index contributed by atoms with van der Waals surface area (Å²) in [7, 11) is 0. The number of rotatable bonds is 2. The molecule has 0 aliphatic heterocycles. The largest absolute Gasteiger partial charge is 0.477 e. The van der Waals surface area contributed by atoms with Crippen molar-refractivity contribution in [3.63, 3.8) is 0 Å². The Balaban J connectivity index is 2.28. The fraction of sp³-hybridized carbons (Fsp3) is 0.0714. The minimum Gasteiger partial charge on any atom is -0.477 e. The van der Waals surface area contributed by atoms with Crippen LogP contribution in [0.4, 0.5) is 13.2 Å². The van der Waals surface area contributed by atoms with Gasteiger partial charge in [-0.2, -0.15) is 18.3 Å². The van der Waals surface area contributed by atoms with Crippen molar-refractivity contribution in [2.24, 2.45) is 0 Å². The lowest BCUT2D eigenvalue weighted by Gasteiger charge is -2.04. The third kappa shape index (κ3) is 2.39. The first kappa shape index (κ1) is 14.1. The van der Waals surface area contributed by atoms with Crippen LogP contribution in [0.5, 0.6) is 0 Å². The Morgan fingerprint density at radius 1 is 1.14 bits per heavy atom. The molecular formula is C14H8F3N3O2. The minimum absolute atomic E-state index is 0.175. The lowest BCUT2D eigenvalue weighted by atomic mass is 10.1. The van der Waals surface area contributed by atoms with Crippen molar-refractivity contribution in [3.05, 3.63) is 53.9 Å². The van der Waals surface area contributed by atoms with E-state index in [0.29, 0.717) is 10.1 Å². The molecular weight excluding hydrogens is 299 g/mol. The number of nitrogens with zero attached hydrogens (tertiary/aromatic N) is 3. The highest BCUT2D eigenvalue weighted by molar-refractivity contribution is 5.88. The van der Waals surface area contributed by atoms with Crippen molar-refractivity contribution in [3.8, 4) is 11.3 Å². The first-order valence-electron chi connectivity index (χ1n) is 6.13. The SMILES string of the molecule is O=C(O)c1cc(-c2ccccc2)nc2cc(C(F)(F)F)nn12. The van der Waals surface area contributed by atoms with E-state index in [1.54, 1.807) is 30.3 Å². The van der Waals surface area contributed by atoms with E-state index in [4.69, 9.17) is 0 Å². The van der Waals surface area contributed by atoms with Crippen LogP contribution in [0.2, 0.25) is 0 Å². The monoisotopic (exact) mass is 307 g/mol. The normalized spacial score (nSPS) is 11.8. The Kier molecular flexibility index (Phi) is 3.09. The molecule has 0 radical (unpaired) electrons. The first-order chi connectivity index (χ1) is 10.4. The van der Waals surface area contributed by atoms with Gasteiger partial charge in [0.05, 0.1) is 5.69 Å². The average Bonchev–Trinajstić information content (AvgIpc) is 2.91. The van der Waals surface area contributed by atoms with Crippen LogP contribution in [0.3, 0.4) is 0 Å². The maximum absolute atomic E-state index is 12.7. The van der Waals surface area contributed by atoms with Crippen molar-refractivity contribution < 1.29 is 23.1 Å². The highest BCUT2D eigenvalue weighted by Crippen LogP contribution is 2.29. The van der Waals surface area contributed by atoms with E-state index in [-0.39, 0.29) is 17.0 Å². The molecule has 0 amide bonds. The Bertz CT molecular complexity index is 857. The molecule has 2 aromatic heterocycles. The Labute approximate surface area is 121 Å². The second-order valence-corrected chi connectivity index (χ2v) is 4.50. The molecule has 0 unspecified atom stereocenters. The quantitative estimate of drug-likeness (QED) is 0.790. The van der Waals surface area contributed by atoms with Crippen molar-refractivity contribution in [1.29, 1.82) is 0 Å². The van der Waals surface area contributed by atoms with Gasteiger partial charge in [0, 0.05) is 11.6 Å². The molecule has 0 aliphatic carbocycles. The number of aromatic carboxylic acids is 1. The zero-order valence-corrected chi connectivity index (χ0v) is 10.9. The summed E-state index contributed by atoms with van der Waals surface area (Å²) in [6.45, 7) is 0. The standard InChI is InChI=1S/C14H8F3N3O2/c15-14(16,17)11-7-12-18-9(8-4-2-1-3-5-8)6-10(13(21)22)20(12)19-11/h1-7H,(H,21,22). The van der Waals surface area contributed by atoms with Crippen LogP contribution in [-0.2, 0) is 6.18 Å². The number of aromatic nitrogens is 3. The number of fused-ring (bicyclic) bond motifs is 1. The first-order valence-corrected chi connectivity index (χ1v) is 6.13. The summed E-state index contributed by atoms with van der Waals surface area (Å²) in [5.74, 6) is -1.39. The van der Waals surface area contributed by atoms with Gasteiger partial charge in [-0.1, -0.05) is 30.3 Å². The molecule has 1 aromatic carbocycles. The Morgan fingerprint density at radius 2 is 1.82 bits per heavy atom. The second-order valence-electron chi connectivity index (χ2n) is 4.50. The van der Waals surface area contributed by atoms with Crippen molar-refractivity contribution in [1.82, 2.24) is 14.6 Å². The number of carbonyl (C=O) groups is 1. The molecule has 5 nitrogen and oxygen atoms in total. The predicted molar refractivity (Wildman–Crippen MR) is 70.4 cm³/mol. The molecule has 0 aliphatic rings. The molecule has 1 N–H and O–H groups in total. The number of hydrogen-bond donors (Lipinski definition) is 1. The molecule has 8 heteroatoms. The molecule has 3 aromatic rings. The topological polar surface area (TPSA) is 67.5 Å². The highest BCUT2D eigenvalue weighted by Gasteiger charge is 2.35. The fourth-order valence-corrected chi connectivity index (χ4v) is 2.02. The number of alkyl halides is 3. The van der Waals surface area contributed by atoms with E-state index in [9.17, 15) is 23.1 Å². The predicted octanol–water partition coefficient (Wildman–Crippen LogP) is 3.11. The van der Waals surface area contributed by atoms with E-state index in [0.717, 1.165) is 6.07 Å². The van der Waals surface area contributed by atoms with Gasteiger partial charge < -0.3 is 5.11 Å². The number of carboxylic acid groups (broad SMARTS) is 1. The molecule has 0 atom stereocenters. The summed E-state index contributed by atoms with van der Waals surface area (Å²) >= 11 is 0. The second kappa shape index (κ2) is 4.83. The molecule has 2 heterocycles. The number of carboxylic acids is 1. The third-order valence-corrected chi connectivity index (χ3v) is 3.01. The van der Waals surface area contributed by atoms with E-state index >= 15 is 0 Å². The Hall–Kier alpha value is -2.90. The molecule has 0 fully saturated rings. The molecule has 112 valence electrons. The zero-order valence-electron chi connectivity index (χ0n) is 10.9. The molecule has 0 saturated heterocycles. The van der Waals surface area contributed by atoms with Crippen LogP contribution in [0.25, 0.3) is 16.9 Å². The van der Waals surface area contributed by atoms with Crippen molar-refractivity contribution >= 4 is 11.6 Å². The molecule has 3 rings (SSSR count). The Morgan fingerprint density at radius 3 is 2.41 bits per heavy atom. The summed E-state index contributed by atoms with van der Waals surface area (Å²) in [6, 6.07) is 10.5. The van der Waals surface area contributed by atoms with E-state index in [1.807, 2.05) is 0 Å². The summed E-state index contributed by atoms with van der Waals surface area (Å²) in [4.78, 5) is 15.3. The summed E-state index contributed by atoms with van der Waals surface area (Å²) in [5.41, 5.74) is -0.889. The lowest BCUT2D eigenvalue weighted by molar-refractivity contribution is -0.141. The fourth-order valence-electron chi connectivity index (χ4n) is 2.02. The molecule has 0 saturated carbocycles. The molecule has 0 bridgehead atoms. The summed E-state index contributed by atoms with van der Waals surface area (Å²) < 4.78 is 38.9. The van der Waals surface area contributed by atoms with Gasteiger partial charge in [-0.05, 0) is 6.07 Å². The van der Waals surface area contributed by atoms with Crippen molar-refractivity contribution in [2.75, 3.05) is 0 Å². The van der Waals surface area contributed by atoms with E-state index in [1.165, 1.54) is 6.07 Å². The lowest BCUT2D eigenvalue weighted by Crippen LogP contribution is -2.10. The van der Waals surface area contributed by atoms with E-state index < -0.39 is 17.8 Å². The molecule has 0 spiro atoms. The van der Waals surface area contributed by atoms with E-state index in [2.05, 4.69) is 10.1 Å². The van der Waals surface area contributed by atoms with Crippen molar-refractivity contribution in [2.45, 2.75) is 6.18 Å². The minimum atomic E-state index is -4.67. The van der Waals surface area contributed by atoms with Crippen LogP contribution in [0, 0.1) is 0 Å². The maximum atomic E-state index is 12.7. The van der Waals surface area contributed by atoms with Crippen LogP contribution in [0.1, 0.15) is 16.2 Å². The van der Waals surface area contributed by atoms with Gasteiger partial charge in [0.15, 0.2) is 17.0 Å². The van der Waals surface area contributed by atoms with Gasteiger partial charge in [0.1, 0.15) is 0 Å². The van der Waals surface area contributed by atoms with Gasteiger partial charge in [-0.25, -0.2) is 14.3 Å². The van der Waals surface area contributed by atoms with Gasteiger partial charge in [0.2, 0.25) is 0 Å². The zero-order chi connectivity index (χ0) is 15.9. The van der Waals surface area contributed by atoms with Crippen LogP contribution < -0.4 is 0 Å². The smallest absolute Gasteiger partial charge is 0.435 e. The highest BCUT2D eigenvalue weighted by atomic mass is 19.4. The number of hydrogen-bond acceptors (Lipinski definition) is 3. The third-order valence-electron chi connectivity index (χ3n) is 3.01. The summed E-state index contributed by atoms with van der Waals surface area (Å²) in [6.07, 6.45) is -4.67. The van der Waals surface area contributed by atoms with Gasteiger partial charge in [-0.15, -0.1) is 0 Å². The van der Waals surface area contributed by atoms with Gasteiger partial charge >= 0.3 is 12.1 Å². The molecule has 22 heavy (non-hydrogen) atoms. The maximum Gasteiger partial charge on any atom is 0.435 e. The number of halogens is 3. The number of benzene rings is 1. The van der Waals surface area contributed by atoms with Gasteiger partial charge in [-0.3, -0.25) is 0 Å².